The molecule has 0 saturated carbocycles. The van der Waals surface area contributed by atoms with Crippen molar-refractivity contribution in [1.29, 1.82) is 0 Å². The first-order valence-corrected chi connectivity index (χ1v) is 7.78. The van der Waals surface area contributed by atoms with E-state index in [1.54, 1.807) is 14.2 Å². The number of hydrogen-bond acceptors (Lipinski definition) is 3. The molecule has 5 heteroatoms. The van der Waals surface area contributed by atoms with Crippen LogP contribution in [0.3, 0.4) is 0 Å². The molecule has 0 atom stereocenters. The molecule has 0 saturated heterocycles. The summed E-state index contributed by atoms with van der Waals surface area (Å²) in [6.45, 7) is 0.588. The average Bonchev–Trinajstić information content (AvgIpc) is 3.04. The van der Waals surface area contributed by atoms with E-state index in [0.29, 0.717) is 23.7 Å². The molecule has 0 fully saturated rings. The van der Waals surface area contributed by atoms with Crippen LogP contribution in [0.1, 0.15) is 16.1 Å². The zero-order valence-electron chi connectivity index (χ0n) is 13.8. The number of methoxy groups -OCH3 is 2. The molecule has 1 aromatic heterocycles. The largest absolute Gasteiger partial charge is 0.493 e. The first-order chi connectivity index (χ1) is 11.7. The number of ether oxygens (including phenoxy) is 2. The summed E-state index contributed by atoms with van der Waals surface area (Å²) < 4.78 is 10.6. The van der Waals surface area contributed by atoms with Crippen LogP contribution in [0.4, 0.5) is 0 Å². The first kappa shape index (κ1) is 15.9. The molecule has 0 aliphatic heterocycles. The van der Waals surface area contributed by atoms with Gasteiger partial charge in [-0.25, -0.2) is 0 Å². The van der Waals surface area contributed by atoms with Crippen LogP contribution in [0.2, 0.25) is 0 Å². The number of aromatic nitrogens is 1. The Hall–Kier alpha value is -2.95. The molecule has 0 radical (unpaired) electrons. The lowest BCUT2D eigenvalue weighted by Crippen LogP contribution is -2.25. The third-order valence-electron chi connectivity index (χ3n) is 3.91. The number of aromatic amines is 1. The molecule has 2 N–H and O–H groups in total. The molecule has 5 nitrogen and oxygen atoms in total. The van der Waals surface area contributed by atoms with Crippen LogP contribution in [0.15, 0.2) is 48.5 Å². The molecule has 1 heterocycles. The van der Waals surface area contributed by atoms with Crippen LogP contribution in [0, 0.1) is 0 Å². The number of nitrogens with one attached hydrogen (secondary N) is 2. The topological polar surface area (TPSA) is 63.3 Å². The monoisotopic (exact) mass is 324 g/mol. The van der Waals surface area contributed by atoms with Crippen molar-refractivity contribution in [1.82, 2.24) is 10.3 Å². The summed E-state index contributed by atoms with van der Waals surface area (Å²) in [5, 5.41) is 3.84. The third kappa shape index (κ3) is 3.35. The van der Waals surface area contributed by atoms with E-state index in [4.69, 9.17) is 9.47 Å². The second kappa shape index (κ2) is 7.08. The quantitative estimate of drug-likeness (QED) is 0.732. The molecule has 2 aromatic carbocycles. The number of rotatable bonds is 6. The number of benzene rings is 2. The van der Waals surface area contributed by atoms with Crippen molar-refractivity contribution in [3.05, 3.63) is 59.8 Å². The normalized spacial score (nSPS) is 10.6. The minimum atomic E-state index is -0.125. The van der Waals surface area contributed by atoms with Crippen molar-refractivity contribution in [3.63, 3.8) is 0 Å². The van der Waals surface area contributed by atoms with E-state index < -0.39 is 0 Å². The van der Waals surface area contributed by atoms with Gasteiger partial charge in [-0.2, -0.15) is 0 Å². The second-order valence-corrected chi connectivity index (χ2v) is 5.47. The van der Waals surface area contributed by atoms with Crippen LogP contribution < -0.4 is 14.8 Å². The van der Waals surface area contributed by atoms with Crippen LogP contribution >= 0.6 is 0 Å². The molecule has 1 amide bonds. The van der Waals surface area contributed by atoms with Crippen molar-refractivity contribution < 1.29 is 14.3 Å². The van der Waals surface area contributed by atoms with Gasteiger partial charge in [0.25, 0.3) is 5.91 Å². The van der Waals surface area contributed by atoms with Gasteiger partial charge in [-0.1, -0.05) is 30.3 Å². The number of H-pyrrole nitrogens is 1. The van der Waals surface area contributed by atoms with Gasteiger partial charge in [0.15, 0.2) is 11.5 Å². The third-order valence-corrected chi connectivity index (χ3v) is 3.91. The van der Waals surface area contributed by atoms with Gasteiger partial charge in [0, 0.05) is 23.5 Å². The molecular formula is C19H20N2O3. The maximum Gasteiger partial charge on any atom is 0.267 e. The molecule has 0 aliphatic rings. The van der Waals surface area contributed by atoms with Gasteiger partial charge >= 0.3 is 0 Å². The van der Waals surface area contributed by atoms with Gasteiger partial charge in [0.1, 0.15) is 5.69 Å². The van der Waals surface area contributed by atoms with Crippen LogP contribution in [-0.4, -0.2) is 31.7 Å². The zero-order valence-corrected chi connectivity index (χ0v) is 13.8. The zero-order chi connectivity index (χ0) is 16.9. The van der Waals surface area contributed by atoms with Crippen molar-refractivity contribution in [2.45, 2.75) is 6.42 Å². The second-order valence-electron chi connectivity index (χ2n) is 5.47. The maximum absolute atomic E-state index is 12.3. The van der Waals surface area contributed by atoms with Crippen LogP contribution in [0.25, 0.3) is 10.9 Å². The lowest BCUT2D eigenvalue weighted by molar-refractivity contribution is 0.0950. The molecule has 124 valence electrons. The Morgan fingerprint density at radius 1 is 1.04 bits per heavy atom. The standard InChI is InChI=1S/C19H20N2O3/c1-23-17-11-14-10-16(21-15(14)12-18(17)24-2)19(22)20-9-8-13-6-4-3-5-7-13/h3-7,10-12,21H,8-9H2,1-2H3,(H,20,22). The van der Waals surface area contributed by atoms with E-state index in [9.17, 15) is 4.79 Å². The number of hydrogen-bond donors (Lipinski definition) is 2. The molecule has 0 aliphatic carbocycles. The average molecular weight is 324 g/mol. The van der Waals surface area contributed by atoms with Crippen molar-refractivity contribution >= 4 is 16.8 Å². The molecule has 0 unspecified atom stereocenters. The lowest BCUT2D eigenvalue weighted by Gasteiger charge is -2.06. The Labute approximate surface area is 140 Å². The van der Waals surface area contributed by atoms with Gasteiger partial charge < -0.3 is 19.8 Å². The summed E-state index contributed by atoms with van der Waals surface area (Å²) >= 11 is 0. The molecule has 3 rings (SSSR count). The van der Waals surface area contributed by atoms with E-state index in [2.05, 4.69) is 10.3 Å². The van der Waals surface area contributed by atoms with Gasteiger partial charge in [0.05, 0.1) is 14.2 Å². The summed E-state index contributed by atoms with van der Waals surface area (Å²) in [6.07, 6.45) is 0.800. The summed E-state index contributed by atoms with van der Waals surface area (Å²) in [5.74, 6) is 1.14. The number of carbonyl (C=O) groups excluding carboxylic acids is 1. The number of amides is 1. The fourth-order valence-electron chi connectivity index (χ4n) is 2.64. The number of fused-ring (bicyclic) bond motifs is 1. The summed E-state index contributed by atoms with van der Waals surface area (Å²) in [5.41, 5.74) is 2.55. The van der Waals surface area contributed by atoms with Crippen molar-refractivity contribution in [3.8, 4) is 11.5 Å². The van der Waals surface area contributed by atoms with Gasteiger partial charge in [-0.3, -0.25) is 4.79 Å². The Kier molecular flexibility index (Phi) is 4.70. The van der Waals surface area contributed by atoms with Crippen molar-refractivity contribution in [2.75, 3.05) is 20.8 Å². The molecule has 0 spiro atoms. The van der Waals surface area contributed by atoms with E-state index in [-0.39, 0.29) is 5.91 Å². The fraction of sp³-hybridized carbons (Fsp3) is 0.211. The Bertz CT molecular complexity index is 799. The molecule has 3 aromatic rings. The van der Waals surface area contributed by atoms with E-state index >= 15 is 0 Å². The number of carbonyl (C=O) groups is 1. The molecule has 24 heavy (non-hydrogen) atoms. The van der Waals surface area contributed by atoms with E-state index in [0.717, 1.165) is 17.3 Å². The highest BCUT2D eigenvalue weighted by atomic mass is 16.5. The van der Waals surface area contributed by atoms with Gasteiger partial charge in [0.2, 0.25) is 0 Å². The minimum absolute atomic E-state index is 0.125. The van der Waals surface area contributed by atoms with E-state index in [1.165, 1.54) is 5.56 Å². The highest BCUT2D eigenvalue weighted by Crippen LogP contribution is 2.32. The fourth-order valence-corrected chi connectivity index (χ4v) is 2.64. The van der Waals surface area contributed by atoms with Crippen molar-refractivity contribution in [2.24, 2.45) is 0 Å². The Morgan fingerprint density at radius 2 is 1.75 bits per heavy atom. The molecule has 0 bridgehead atoms. The Morgan fingerprint density at radius 3 is 2.46 bits per heavy atom. The summed E-state index contributed by atoms with van der Waals surface area (Å²) in [7, 11) is 3.18. The SMILES string of the molecule is COc1cc2cc(C(=O)NCCc3ccccc3)[nH]c2cc1OC. The first-order valence-electron chi connectivity index (χ1n) is 7.78. The highest BCUT2D eigenvalue weighted by Gasteiger charge is 2.12. The predicted molar refractivity (Wildman–Crippen MR) is 93.9 cm³/mol. The smallest absolute Gasteiger partial charge is 0.267 e. The van der Waals surface area contributed by atoms with Crippen LogP contribution in [0.5, 0.6) is 11.5 Å². The minimum Gasteiger partial charge on any atom is -0.493 e. The lowest BCUT2D eigenvalue weighted by atomic mass is 10.1. The predicted octanol–water partition coefficient (Wildman–Crippen LogP) is 3.16. The molecular weight excluding hydrogens is 304 g/mol. The van der Waals surface area contributed by atoms with Gasteiger partial charge in [-0.15, -0.1) is 0 Å². The summed E-state index contributed by atoms with van der Waals surface area (Å²) in [4.78, 5) is 15.4. The van der Waals surface area contributed by atoms with Gasteiger partial charge in [-0.05, 0) is 24.1 Å². The maximum atomic E-state index is 12.3. The Balaban J connectivity index is 1.70. The summed E-state index contributed by atoms with van der Waals surface area (Å²) in [6, 6.07) is 15.6. The highest BCUT2D eigenvalue weighted by molar-refractivity contribution is 5.98. The van der Waals surface area contributed by atoms with Crippen LogP contribution in [-0.2, 0) is 6.42 Å². The van der Waals surface area contributed by atoms with E-state index in [1.807, 2.05) is 48.5 Å².